The van der Waals surface area contributed by atoms with Gasteiger partial charge < -0.3 is 15.2 Å². The molecule has 0 saturated heterocycles. The fraction of sp³-hybridized carbons (Fsp3) is 0.944. The van der Waals surface area contributed by atoms with Crippen LogP contribution < -0.4 is 5.32 Å². The third-order valence-electron chi connectivity index (χ3n) is 8.42. The van der Waals surface area contributed by atoms with Gasteiger partial charge in [-0.15, -0.1) is 0 Å². The summed E-state index contributed by atoms with van der Waals surface area (Å²) in [6, 6.07) is 0. The number of amides is 1. The first-order valence-corrected chi connectivity index (χ1v) is 18.2. The van der Waals surface area contributed by atoms with Crippen LogP contribution in [0, 0.1) is 0 Å². The molecule has 0 radical (unpaired) electrons. The predicted molar refractivity (Wildman–Crippen MR) is 175 cm³/mol. The number of aliphatic hydroxyl groups excluding tert-OH is 1. The molecule has 0 saturated carbocycles. The fourth-order valence-electron chi connectivity index (χ4n) is 5.69. The van der Waals surface area contributed by atoms with Crippen LogP contribution in [0.25, 0.3) is 0 Å². The molecule has 244 valence electrons. The third kappa shape index (κ3) is 31.7. The second kappa shape index (κ2) is 33.4. The Labute approximate surface area is 255 Å². The molecule has 0 aromatic carbocycles. The minimum absolute atomic E-state index is 0.0165. The lowest BCUT2D eigenvalue weighted by atomic mass is 10.0. The van der Waals surface area contributed by atoms with E-state index in [9.17, 15) is 14.7 Å². The molecule has 5 heteroatoms. The van der Waals surface area contributed by atoms with Crippen molar-refractivity contribution in [1.29, 1.82) is 0 Å². The Bertz CT molecular complexity index is 542. The van der Waals surface area contributed by atoms with Gasteiger partial charge in [-0.1, -0.05) is 142 Å². The summed E-state index contributed by atoms with van der Waals surface area (Å²) in [6.45, 7) is 5.27. The Balaban J connectivity index is 3.81. The number of aliphatic hydroxyl groups is 1. The third-order valence-corrected chi connectivity index (χ3v) is 8.42. The molecule has 0 spiro atoms. The molecule has 0 heterocycles. The maximum Gasteiger partial charge on any atom is 0.306 e. The molecule has 2 N–H and O–H groups in total. The van der Waals surface area contributed by atoms with Gasteiger partial charge in [-0.05, 0) is 51.4 Å². The maximum absolute atomic E-state index is 12.5. The molecule has 1 amide bonds. The van der Waals surface area contributed by atoms with Gasteiger partial charge in [-0.25, -0.2) is 0 Å². The van der Waals surface area contributed by atoms with Crippen molar-refractivity contribution >= 4 is 12.4 Å². The summed E-state index contributed by atoms with van der Waals surface area (Å²) >= 11 is 0. The van der Waals surface area contributed by atoms with E-state index >= 15 is 0 Å². The number of esters is 1. The minimum atomic E-state index is -0.0904. The smallest absolute Gasteiger partial charge is 0.306 e. The standard InChI is InChI=1S/C36H71NO4/c1-3-5-7-21-27-34(39)28-22-17-13-9-10-15-19-25-31-36(40)41-35(29-23-8-6-4-2)30-24-18-14-11-12-16-20-26-32-37-33-38/h33-35,39H,3-32H2,1-2H3,(H,37,38). The number of hydrogen-bond acceptors (Lipinski definition) is 4. The summed E-state index contributed by atoms with van der Waals surface area (Å²) in [4.78, 5) is 22.8. The van der Waals surface area contributed by atoms with Gasteiger partial charge in [0.05, 0.1) is 6.10 Å². The molecule has 0 aromatic heterocycles. The van der Waals surface area contributed by atoms with Crippen LogP contribution in [0.5, 0.6) is 0 Å². The number of carbonyl (C=O) groups is 2. The largest absolute Gasteiger partial charge is 0.462 e. The summed E-state index contributed by atoms with van der Waals surface area (Å²) < 4.78 is 5.96. The lowest BCUT2D eigenvalue weighted by Gasteiger charge is -2.18. The van der Waals surface area contributed by atoms with Crippen LogP contribution in [0.4, 0.5) is 0 Å². The van der Waals surface area contributed by atoms with Crippen LogP contribution in [-0.4, -0.2) is 36.2 Å². The molecule has 41 heavy (non-hydrogen) atoms. The molecule has 5 nitrogen and oxygen atoms in total. The second-order valence-corrected chi connectivity index (χ2v) is 12.5. The van der Waals surface area contributed by atoms with Crippen LogP contribution in [0.3, 0.4) is 0 Å². The van der Waals surface area contributed by atoms with Crippen LogP contribution in [-0.2, 0) is 14.3 Å². The van der Waals surface area contributed by atoms with Crippen molar-refractivity contribution < 1.29 is 19.4 Å². The monoisotopic (exact) mass is 582 g/mol. The number of carbonyl (C=O) groups excluding carboxylic acids is 2. The molecule has 0 fully saturated rings. The van der Waals surface area contributed by atoms with Crippen molar-refractivity contribution in [2.45, 2.75) is 212 Å². The first-order chi connectivity index (χ1) is 20.1. The maximum atomic E-state index is 12.5. The number of rotatable bonds is 34. The molecular formula is C36H71NO4. The van der Waals surface area contributed by atoms with Crippen molar-refractivity contribution in [3.8, 4) is 0 Å². The molecule has 2 atom stereocenters. The summed E-state index contributed by atoms with van der Waals surface area (Å²) in [5.74, 6) is 0.0165. The van der Waals surface area contributed by atoms with Gasteiger partial charge in [0, 0.05) is 13.0 Å². The van der Waals surface area contributed by atoms with Crippen molar-refractivity contribution in [2.75, 3.05) is 6.54 Å². The number of ether oxygens (including phenoxy) is 1. The minimum Gasteiger partial charge on any atom is -0.462 e. The van der Waals surface area contributed by atoms with Gasteiger partial charge in [-0.2, -0.15) is 0 Å². The Morgan fingerprint density at radius 1 is 0.585 bits per heavy atom. The summed E-state index contributed by atoms with van der Waals surface area (Å²) in [7, 11) is 0. The molecular weight excluding hydrogens is 510 g/mol. The Morgan fingerprint density at radius 3 is 1.44 bits per heavy atom. The zero-order valence-electron chi connectivity index (χ0n) is 27.6. The highest BCUT2D eigenvalue weighted by Gasteiger charge is 2.14. The van der Waals surface area contributed by atoms with Gasteiger partial charge in [0.1, 0.15) is 6.10 Å². The Hall–Kier alpha value is -1.10. The molecule has 0 bridgehead atoms. The highest BCUT2D eigenvalue weighted by Crippen LogP contribution is 2.19. The van der Waals surface area contributed by atoms with Gasteiger partial charge in [0.25, 0.3) is 0 Å². The van der Waals surface area contributed by atoms with Crippen molar-refractivity contribution in [3.63, 3.8) is 0 Å². The average molecular weight is 582 g/mol. The van der Waals surface area contributed by atoms with E-state index in [1.54, 1.807) is 0 Å². The normalized spacial score (nSPS) is 12.8. The van der Waals surface area contributed by atoms with Crippen molar-refractivity contribution in [2.24, 2.45) is 0 Å². The van der Waals surface area contributed by atoms with E-state index in [2.05, 4.69) is 19.2 Å². The van der Waals surface area contributed by atoms with Crippen LogP contribution in [0.2, 0.25) is 0 Å². The molecule has 0 aliphatic heterocycles. The number of hydrogen-bond donors (Lipinski definition) is 2. The molecule has 0 rings (SSSR count). The Morgan fingerprint density at radius 2 is 0.976 bits per heavy atom. The van der Waals surface area contributed by atoms with Gasteiger partial charge in [0.2, 0.25) is 6.41 Å². The zero-order chi connectivity index (χ0) is 30.1. The van der Waals surface area contributed by atoms with E-state index in [1.807, 2.05) is 0 Å². The molecule has 2 unspecified atom stereocenters. The Kier molecular flexibility index (Phi) is 32.5. The molecule has 0 aliphatic rings. The molecule has 0 aromatic rings. The lowest BCUT2D eigenvalue weighted by Crippen LogP contribution is -2.18. The predicted octanol–water partition coefficient (Wildman–Crippen LogP) is 10.4. The SMILES string of the molecule is CCCCCCC(O)CCCCCCCCCCC(=O)OC(CCCCCC)CCCCCCCCCCNC=O. The highest BCUT2D eigenvalue weighted by molar-refractivity contribution is 5.69. The van der Waals surface area contributed by atoms with Gasteiger partial charge >= 0.3 is 5.97 Å². The summed E-state index contributed by atoms with van der Waals surface area (Å²) in [5, 5.41) is 12.8. The summed E-state index contributed by atoms with van der Waals surface area (Å²) in [6.07, 6.45) is 34.5. The van der Waals surface area contributed by atoms with E-state index < -0.39 is 0 Å². The first kappa shape index (κ1) is 39.9. The van der Waals surface area contributed by atoms with E-state index in [-0.39, 0.29) is 18.2 Å². The van der Waals surface area contributed by atoms with Crippen LogP contribution >= 0.6 is 0 Å². The lowest BCUT2D eigenvalue weighted by molar-refractivity contribution is -0.150. The van der Waals surface area contributed by atoms with Crippen LogP contribution in [0.15, 0.2) is 0 Å². The summed E-state index contributed by atoms with van der Waals surface area (Å²) in [5.41, 5.74) is 0. The number of unbranched alkanes of at least 4 members (excludes halogenated alkanes) is 20. The topological polar surface area (TPSA) is 75.6 Å². The van der Waals surface area contributed by atoms with Gasteiger partial charge in [-0.3, -0.25) is 9.59 Å². The van der Waals surface area contributed by atoms with Crippen LogP contribution in [0.1, 0.15) is 200 Å². The van der Waals surface area contributed by atoms with Crippen molar-refractivity contribution in [1.82, 2.24) is 5.32 Å². The number of nitrogens with one attached hydrogen (secondary N) is 1. The van der Waals surface area contributed by atoms with Crippen molar-refractivity contribution in [3.05, 3.63) is 0 Å². The fourth-order valence-corrected chi connectivity index (χ4v) is 5.69. The van der Waals surface area contributed by atoms with E-state index in [0.717, 1.165) is 70.7 Å². The average Bonchev–Trinajstić information content (AvgIpc) is 2.97. The highest BCUT2D eigenvalue weighted by atomic mass is 16.5. The van der Waals surface area contributed by atoms with E-state index in [4.69, 9.17) is 4.74 Å². The van der Waals surface area contributed by atoms with E-state index in [0.29, 0.717) is 6.42 Å². The quantitative estimate of drug-likeness (QED) is 0.0450. The van der Waals surface area contributed by atoms with Gasteiger partial charge in [0.15, 0.2) is 0 Å². The second-order valence-electron chi connectivity index (χ2n) is 12.5. The first-order valence-electron chi connectivity index (χ1n) is 18.2. The van der Waals surface area contributed by atoms with E-state index in [1.165, 1.54) is 122 Å². The molecule has 0 aliphatic carbocycles. The zero-order valence-corrected chi connectivity index (χ0v) is 27.6.